The Hall–Kier alpha value is -1.84. The number of ketones is 1. The summed E-state index contributed by atoms with van der Waals surface area (Å²) in [5.74, 6) is -1.64. The van der Waals surface area contributed by atoms with Crippen LogP contribution in [0.2, 0.25) is 0 Å². The van der Waals surface area contributed by atoms with E-state index in [2.05, 4.69) is 0 Å². The third-order valence-corrected chi connectivity index (χ3v) is 2.62. The van der Waals surface area contributed by atoms with E-state index in [1.165, 1.54) is 7.11 Å². The van der Waals surface area contributed by atoms with Crippen molar-refractivity contribution < 1.29 is 19.4 Å². The third kappa shape index (κ3) is 1.48. The van der Waals surface area contributed by atoms with Crippen molar-refractivity contribution in [3.63, 3.8) is 0 Å². The van der Waals surface area contributed by atoms with Crippen LogP contribution in [0.15, 0.2) is 18.2 Å². The lowest BCUT2D eigenvalue weighted by atomic mass is 10.1. The fraction of sp³-hybridized carbons (Fsp3) is 0.273. The van der Waals surface area contributed by atoms with Crippen molar-refractivity contribution in [2.24, 2.45) is 5.92 Å². The Morgan fingerprint density at radius 2 is 2.27 bits per heavy atom. The number of hydrogen-bond donors (Lipinski definition) is 1. The normalized spacial score (nSPS) is 18.7. The van der Waals surface area contributed by atoms with Crippen LogP contribution in [0.25, 0.3) is 0 Å². The summed E-state index contributed by atoms with van der Waals surface area (Å²) < 4.78 is 5.01. The molecule has 0 saturated carbocycles. The van der Waals surface area contributed by atoms with E-state index < -0.39 is 11.9 Å². The van der Waals surface area contributed by atoms with Crippen LogP contribution in [0.5, 0.6) is 5.75 Å². The number of carbonyl (C=O) groups is 2. The van der Waals surface area contributed by atoms with Gasteiger partial charge in [0.1, 0.15) is 11.7 Å². The SMILES string of the molecule is COc1ccc2c(c1)CC(C(=O)O)C2=O. The predicted octanol–water partition coefficient (Wildman–Crippen LogP) is 1.13. The Bertz CT molecular complexity index is 436. The van der Waals surface area contributed by atoms with Gasteiger partial charge in [0.2, 0.25) is 0 Å². The summed E-state index contributed by atoms with van der Waals surface area (Å²) in [6, 6.07) is 5.01. The molecule has 0 aromatic heterocycles. The van der Waals surface area contributed by atoms with Gasteiger partial charge in [0.05, 0.1) is 7.11 Å². The summed E-state index contributed by atoms with van der Waals surface area (Å²) in [6.45, 7) is 0. The van der Waals surface area contributed by atoms with Gasteiger partial charge >= 0.3 is 5.97 Å². The highest BCUT2D eigenvalue weighted by molar-refractivity contribution is 6.11. The first-order valence-corrected chi connectivity index (χ1v) is 4.57. The summed E-state index contributed by atoms with van der Waals surface area (Å²) >= 11 is 0. The molecule has 0 heterocycles. The fourth-order valence-corrected chi connectivity index (χ4v) is 1.81. The van der Waals surface area contributed by atoms with Crippen molar-refractivity contribution in [1.29, 1.82) is 0 Å². The minimum Gasteiger partial charge on any atom is -0.497 e. The largest absolute Gasteiger partial charge is 0.497 e. The summed E-state index contributed by atoms with van der Waals surface area (Å²) in [5, 5.41) is 8.83. The molecule has 1 atom stereocenters. The standard InChI is InChI=1S/C11H10O4/c1-15-7-2-3-8-6(4-7)5-9(10(8)12)11(13)14/h2-4,9H,5H2,1H3,(H,13,14). The molecular formula is C11H10O4. The molecule has 1 N–H and O–H groups in total. The summed E-state index contributed by atoms with van der Waals surface area (Å²) in [5.41, 5.74) is 1.26. The van der Waals surface area contributed by atoms with E-state index in [1.54, 1.807) is 18.2 Å². The van der Waals surface area contributed by atoms with Crippen LogP contribution in [0.4, 0.5) is 0 Å². The summed E-state index contributed by atoms with van der Waals surface area (Å²) in [4.78, 5) is 22.4. The molecule has 0 amide bonds. The van der Waals surface area contributed by atoms with Gasteiger partial charge in [-0.3, -0.25) is 9.59 Å². The van der Waals surface area contributed by atoms with E-state index in [9.17, 15) is 9.59 Å². The van der Waals surface area contributed by atoms with Crippen molar-refractivity contribution in [3.8, 4) is 5.75 Å². The predicted molar refractivity (Wildman–Crippen MR) is 52.2 cm³/mol. The molecule has 15 heavy (non-hydrogen) atoms. The zero-order chi connectivity index (χ0) is 11.0. The molecule has 0 spiro atoms. The molecular weight excluding hydrogens is 196 g/mol. The third-order valence-electron chi connectivity index (χ3n) is 2.62. The Morgan fingerprint density at radius 3 is 2.87 bits per heavy atom. The van der Waals surface area contributed by atoms with E-state index in [4.69, 9.17) is 9.84 Å². The highest BCUT2D eigenvalue weighted by Gasteiger charge is 2.35. The summed E-state index contributed by atoms with van der Waals surface area (Å²) in [7, 11) is 1.53. The second kappa shape index (κ2) is 3.38. The first-order valence-electron chi connectivity index (χ1n) is 4.57. The molecule has 0 radical (unpaired) electrons. The van der Waals surface area contributed by atoms with Gasteiger partial charge in [-0.05, 0) is 30.2 Å². The second-order valence-electron chi connectivity index (χ2n) is 3.48. The van der Waals surface area contributed by atoms with Gasteiger partial charge in [-0.2, -0.15) is 0 Å². The van der Waals surface area contributed by atoms with Crippen molar-refractivity contribution in [2.75, 3.05) is 7.11 Å². The van der Waals surface area contributed by atoms with Crippen molar-refractivity contribution >= 4 is 11.8 Å². The number of rotatable bonds is 2. The quantitative estimate of drug-likeness (QED) is 0.737. The minimum absolute atomic E-state index is 0.265. The van der Waals surface area contributed by atoms with Gasteiger partial charge in [0.25, 0.3) is 0 Å². The lowest BCUT2D eigenvalue weighted by Crippen LogP contribution is -2.19. The van der Waals surface area contributed by atoms with E-state index >= 15 is 0 Å². The number of fused-ring (bicyclic) bond motifs is 1. The molecule has 2 rings (SSSR count). The Labute approximate surface area is 86.5 Å². The van der Waals surface area contributed by atoms with Gasteiger partial charge < -0.3 is 9.84 Å². The van der Waals surface area contributed by atoms with Crippen molar-refractivity contribution in [2.45, 2.75) is 6.42 Å². The van der Waals surface area contributed by atoms with E-state index in [1.807, 2.05) is 0 Å². The average Bonchev–Trinajstić information content (AvgIpc) is 2.55. The number of carboxylic acids is 1. The van der Waals surface area contributed by atoms with E-state index in [0.717, 1.165) is 5.56 Å². The van der Waals surface area contributed by atoms with E-state index in [-0.39, 0.29) is 12.2 Å². The average molecular weight is 206 g/mol. The molecule has 1 aliphatic carbocycles. The molecule has 4 heteroatoms. The number of carbonyl (C=O) groups excluding carboxylic acids is 1. The van der Waals surface area contributed by atoms with Gasteiger partial charge in [-0.1, -0.05) is 0 Å². The number of benzene rings is 1. The molecule has 1 aromatic rings. The van der Waals surface area contributed by atoms with Gasteiger partial charge in [-0.15, -0.1) is 0 Å². The maximum absolute atomic E-state index is 11.6. The fourth-order valence-electron chi connectivity index (χ4n) is 1.81. The number of Topliss-reactive ketones (excluding diaryl/α,β-unsaturated/α-hetero) is 1. The monoisotopic (exact) mass is 206 g/mol. The Morgan fingerprint density at radius 1 is 1.53 bits per heavy atom. The molecule has 1 unspecified atom stereocenters. The Balaban J connectivity index is 2.41. The lowest BCUT2D eigenvalue weighted by Gasteiger charge is -2.01. The van der Waals surface area contributed by atoms with Crippen LogP contribution >= 0.6 is 0 Å². The van der Waals surface area contributed by atoms with Crippen LogP contribution in [0, 0.1) is 5.92 Å². The first kappa shape index (κ1) is 9.71. The first-order chi connectivity index (χ1) is 7.13. The topological polar surface area (TPSA) is 63.6 Å². The minimum atomic E-state index is -1.06. The number of ether oxygens (including phenoxy) is 1. The van der Waals surface area contributed by atoms with Crippen LogP contribution in [0.3, 0.4) is 0 Å². The van der Waals surface area contributed by atoms with Crippen LogP contribution < -0.4 is 4.74 Å². The zero-order valence-corrected chi connectivity index (χ0v) is 8.19. The van der Waals surface area contributed by atoms with Gasteiger partial charge in [0, 0.05) is 5.56 Å². The van der Waals surface area contributed by atoms with Gasteiger partial charge in [-0.25, -0.2) is 0 Å². The van der Waals surface area contributed by atoms with Crippen molar-refractivity contribution in [3.05, 3.63) is 29.3 Å². The van der Waals surface area contributed by atoms with Crippen LogP contribution in [0.1, 0.15) is 15.9 Å². The smallest absolute Gasteiger partial charge is 0.314 e. The molecule has 0 saturated heterocycles. The molecule has 1 aliphatic rings. The molecule has 78 valence electrons. The second-order valence-corrected chi connectivity index (χ2v) is 3.48. The number of hydrogen-bond acceptors (Lipinski definition) is 3. The number of carboxylic acid groups (broad SMARTS) is 1. The molecule has 1 aromatic carbocycles. The Kier molecular flexibility index (Phi) is 2.19. The highest BCUT2D eigenvalue weighted by Crippen LogP contribution is 2.29. The maximum Gasteiger partial charge on any atom is 0.314 e. The highest BCUT2D eigenvalue weighted by atomic mass is 16.5. The zero-order valence-electron chi connectivity index (χ0n) is 8.19. The number of methoxy groups -OCH3 is 1. The summed E-state index contributed by atoms with van der Waals surface area (Å²) in [6.07, 6.45) is 0.265. The van der Waals surface area contributed by atoms with E-state index in [0.29, 0.717) is 11.3 Å². The van der Waals surface area contributed by atoms with Crippen molar-refractivity contribution in [1.82, 2.24) is 0 Å². The van der Waals surface area contributed by atoms with Crippen LogP contribution in [-0.4, -0.2) is 24.0 Å². The van der Waals surface area contributed by atoms with Gasteiger partial charge in [0.15, 0.2) is 5.78 Å². The molecule has 0 fully saturated rings. The molecule has 0 aliphatic heterocycles. The van der Waals surface area contributed by atoms with Crippen LogP contribution in [-0.2, 0) is 11.2 Å². The lowest BCUT2D eigenvalue weighted by molar-refractivity contribution is -0.139. The number of aliphatic carboxylic acids is 1. The molecule has 0 bridgehead atoms. The molecule has 4 nitrogen and oxygen atoms in total. The maximum atomic E-state index is 11.6.